The van der Waals surface area contributed by atoms with E-state index in [2.05, 4.69) is 10.5 Å². The van der Waals surface area contributed by atoms with E-state index in [-0.39, 0.29) is 5.91 Å². The SMILES string of the molecule is Cc1onc(-c2ccccc2Cl)c1C(=O)NCC12CC3CC(CC(C3)C1)C2. The third-order valence-electron chi connectivity index (χ3n) is 7.01. The van der Waals surface area contributed by atoms with Crippen LogP contribution in [-0.2, 0) is 0 Å². The van der Waals surface area contributed by atoms with Crippen LogP contribution in [-0.4, -0.2) is 17.6 Å². The summed E-state index contributed by atoms with van der Waals surface area (Å²) in [6.45, 7) is 2.55. The molecule has 4 saturated carbocycles. The number of aromatic nitrogens is 1. The Hall–Kier alpha value is -1.81. The second-order valence-electron chi connectivity index (χ2n) is 9.04. The third kappa shape index (κ3) is 2.98. The molecule has 4 fully saturated rings. The van der Waals surface area contributed by atoms with Gasteiger partial charge in [-0.15, -0.1) is 0 Å². The highest BCUT2D eigenvalue weighted by Crippen LogP contribution is 2.59. The molecule has 1 aromatic heterocycles. The van der Waals surface area contributed by atoms with Gasteiger partial charge in [0.25, 0.3) is 5.91 Å². The standard InChI is InChI=1S/C22H25ClN2O2/c1-13-19(20(25-27-13)17-4-2-3-5-18(17)23)21(26)24-12-22-9-14-6-15(10-22)8-16(7-14)11-22/h2-5,14-16H,6-12H2,1H3,(H,24,26). The normalized spacial score (nSPS) is 31.3. The number of carbonyl (C=O) groups is 1. The summed E-state index contributed by atoms with van der Waals surface area (Å²) >= 11 is 6.32. The van der Waals surface area contributed by atoms with Crippen molar-refractivity contribution in [2.75, 3.05) is 6.54 Å². The first-order valence-corrected chi connectivity index (χ1v) is 10.4. The average Bonchev–Trinajstić information content (AvgIpc) is 3.00. The summed E-state index contributed by atoms with van der Waals surface area (Å²) in [5, 5.41) is 7.92. The van der Waals surface area contributed by atoms with Crippen LogP contribution < -0.4 is 5.32 Å². The fourth-order valence-electron chi connectivity index (χ4n) is 6.34. The van der Waals surface area contributed by atoms with E-state index in [0.717, 1.165) is 29.9 Å². The van der Waals surface area contributed by atoms with Gasteiger partial charge in [0.1, 0.15) is 17.0 Å². The Balaban J connectivity index is 1.37. The molecule has 27 heavy (non-hydrogen) atoms. The Morgan fingerprint density at radius 2 is 1.81 bits per heavy atom. The maximum atomic E-state index is 13.1. The molecule has 1 N–H and O–H groups in total. The van der Waals surface area contributed by atoms with Crippen LogP contribution in [0.25, 0.3) is 11.3 Å². The molecule has 0 aliphatic heterocycles. The Morgan fingerprint density at radius 3 is 2.44 bits per heavy atom. The van der Waals surface area contributed by atoms with Gasteiger partial charge in [0.2, 0.25) is 0 Å². The number of halogens is 1. The van der Waals surface area contributed by atoms with E-state index in [1.54, 1.807) is 13.0 Å². The molecule has 0 unspecified atom stereocenters. The zero-order valence-electron chi connectivity index (χ0n) is 15.6. The van der Waals surface area contributed by atoms with Crippen LogP contribution in [0.15, 0.2) is 28.8 Å². The lowest BCUT2D eigenvalue weighted by Crippen LogP contribution is -2.51. The van der Waals surface area contributed by atoms with Crippen LogP contribution in [0.2, 0.25) is 5.02 Å². The largest absolute Gasteiger partial charge is 0.360 e. The lowest BCUT2D eigenvalue weighted by atomic mass is 9.49. The number of benzene rings is 1. The van der Waals surface area contributed by atoms with Crippen molar-refractivity contribution in [3.63, 3.8) is 0 Å². The number of nitrogens with zero attached hydrogens (tertiary/aromatic N) is 1. The first-order valence-electron chi connectivity index (χ1n) is 10.0. The Bertz CT molecular complexity index is 853. The van der Waals surface area contributed by atoms with Gasteiger partial charge in [0.05, 0.1) is 5.02 Å². The van der Waals surface area contributed by atoms with Gasteiger partial charge in [-0.3, -0.25) is 4.79 Å². The molecule has 0 saturated heterocycles. The molecule has 0 radical (unpaired) electrons. The second-order valence-corrected chi connectivity index (χ2v) is 9.45. The predicted octanol–water partition coefficient (Wildman–Crippen LogP) is 5.25. The van der Waals surface area contributed by atoms with E-state index in [4.69, 9.17) is 16.1 Å². The van der Waals surface area contributed by atoms with Gasteiger partial charge in [-0.05, 0) is 74.7 Å². The summed E-state index contributed by atoms with van der Waals surface area (Å²) in [6, 6.07) is 7.43. The van der Waals surface area contributed by atoms with Crippen LogP contribution in [0.1, 0.15) is 54.6 Å². The maximum Gasteiger partial charge on any atom is 0.257 e. The Labute approximate surface area is 164 Å². The monoisotopic (exact) mass is 384 g/mol. The molecule has 1 heterocycles. The Morgan fingerprint density at radius 1 is 1.19 bits per heavy atom. The molecule has 1 amide bonds. The molecule has 4 nitrogen and oxygen atoms in total. The molecule has 2 aromatic rings. The maximum absolute atomic E-state index is 13.1. The van der Waals surface area contributed by atoms with Crippen molar-refractivity contribution in [1.29, 1.82) is 0 Å². The second kappa shape index (κ2) is 6.37. The fourth-order valence-corrected chi connectivity index (χ4v) is 6.56. The topological polar surface area (TPSA) is 55.1 Å². The summed E-state index contributed by atoms with van der Waals surface area (Å²) in [4.78, 5) is 13.1. The summed E-state index contributed by atoms with van der Waals surface area (Å²) in [7, 11) is 0. The van der Waals surface area contributed by atoms with E-state index >= 15 is 0 Å². The summed E-state index contributed by atoms with van der Waals surface area (Å²) < 4.78 is 5.35. The highest BCUT2D eigenvalue weighted by Gasteiger charge is 2.50. The predicted molar refractivity (Wildman–Crippen MR) is 105 cm³/mol. The number of amides is 1. The van der Waals surface area contributed by atoms with Crippen LogP contribution in [0.3, 0.4) is 0 Å². The van der Waals surface area contributed by atoms with E-state index in [1.807, 2.05) is 18.2 Å². The molecular weight excluding hydrogens is 360 g/mol. The first kappa shape index (κ1) is 17.3. The Kier molecular flexibility index (Phi) is 4.08. The summed E-state index contributed by atoms with van der Waals surface area (Å²) in [6.07, 6.45) is 8.07. The minimum atomic E-state index is -0.0978. The van der Waals surface area contributed by atoms with Gasteiger partial charge in [-0.25, -0.2) is 0 Å². The summed E-state index contributed by atoms with van der Waals surface area (Å²) in [5.41, 5.74) is 2.07. The van der Waals surface area contributed by atoms with E-state index < -0.39 is 0 Å². The van der Waals surface area contributed by atoms with Crippen molar-refractivity contribution in [2.24, 2.45) is 23.2 Å². The van der Waals surface area contributed by atoms with Gasteiger partial charge >= 0.3 is 0 Å². The number of carbonyl (C=O) groups excluding carboxylic acids is 1. The summed E-state index contributed by atoms with van der Waals surface area (Å²) in [5.74, 6) is 3.07. The zero-order chi connectivity index (χ0) is 18.6. The number of hydrogen-bond acceptors (Lipinski definition) is 3. The minimum Gasteiger partial charge on any atom is -0.360 e. The van der Waals surface area contributed by atoms with Crippen LogP contribution in [0.4, 0.5) is 0 Å². The van der Waals surface area contributed by atoms with Gasteiger partial charge in [-0.2, -0.15) is 0 Å². The lowest BCUT2D eigenvalue weighted by Gasteiger charge is -2.56. The van der Waals surface area contributed by atoms with Crippen molar-refractivity contribution in [1.82, 2.24) is 10.5 Å². The molecule has 1 aromatic carbocycles. The molecule has 142 valence electrons. The van der Waals surface area contributed by atoms with Crippen molar-refractivity contribution < 1.29 is 9.32 Å². The van der Waals surface area contributed by atoms with Crippen molar-refractivity contribution in [2.45, 2.75) is 45.4 Å². The van der Waals surface area contributed by atoms with Gasteiger partial charge in [0.15, 0.2) is 0 Å². The van der Waals surface area contributed by atoms with Crippen LogP contribution in [0, 0.1) is 30.1 Å². The van der Waals surface area contributed by atoms with Crippen LogP contribution >= 0.6 is 11.6 Å². The van der Waals surface area contributed by atoms with Crippen LogP contribution in [0.5, 0.6) is 0 Å². The molecule has 4 aliphatic rings. The number of hydrogen-bond donors (Lipinski definition) is 1. The molecular formula is C22H25ClN2O2. The van der Waals surface area contributed by atoms with Crippen molar-refractivity contribution in [3.05, 3.63) is 40.6 Å². The number of rotatable bonds is 4. The van der Waals surface area contributed by atoms with Crippen molar-refractivity contribution in [3.8, 4) is 11.3 Å². The minimum absolute atomic E-state index is 0.0978. The third-order valence-corrected chi connectivity index (χ3v) is 7.34. The number of aryl methyl sites for hydroxylation is 1. The van der Waals surface area contributed by atoms with Crippen molar-refractivity contribution >= 4 is 17.5 Å². The quantitative estimate of drug-likeness (QED) is 0.783. The van der Waals surface area contributed by atoms with Gasteiger partial charge in [0, 0.05) is 12.1 Å². The lowest BCUT2D eigenvalue weighted by molar-refractivity contribution is -0.0503. The average molecular weight is 385 g/mol. The molecule has 0 atom stereocenters. The van der Waals surface area contributed by atoms with Gasteiger partial charge < -0.3 is 9.84 Å². The van der Waals surface area contributed by atoms with E-state index in [0.29, 0.717) is 27.5 Å². The highest BCUT2D eigenvalue weighted by molar-refractivity contribution is 6.33. The molecule has 5 heteroatoms. The van der Waals surface area contributed by atoms with E-state index in [9.17, 15) is 4.79 Å². The molecule has 6 rings (SSSR count). The number of nitrogens with one attached hydrogen (secondary N) is 1. The molecule has 4 bridgehead atoms. The zero-order valence-corrected chi connectivity index (χ0v) is 16.4. The fraction of sp³-hybridized carbons (Fsp3) is 0.545. The molecule has 4 aliphatic carbocycles. The smallest absolute Gasteiger partial charge is 0.257 e. The highest BCUT2D eigenvalue weighted by atomic mass is 35.5. The first-order chi connectivity index (χ1) is 13.0. The molecule has 0 spiro atoms. The van der Waals surface area contributed by atoms with Gasteiger partial charge in [-0.1, -0.05) is 35.0 Å². The van der Waals surface area contributed by atoms with E-state index in [1.165, 1.54) is 38.5 Å².